The summed E-state index contributed by atoms with van der Waals surface area (Å²) in [6.45, 7) is 0.275. The van der Waals surface area contributed by atoms with Gasteiger partial charge in [-0.25, -0.2) is 0 Å². The molecule has 66 valence electrons. The van der Waals surface area contributed by atoms with Crippen molar-refractivity contribution in [3.63, 3.8) is 0 Å². The summed E-state index contributed by atoms with van der Waals surface area (Å²) in [5.41, 5.74) is 0.967. The standard InChI is InChI=1S/C10H9NO2/c12-10-9(13-7-11-10)6-8-4-2-1-3-5-8/h1-6H,7H2,(H,11,12). The molecular formula is C10H9NO2. The van der Waals surface area contributed by atoms with E-state index in [1.807, 2.05) is 30.3 Å². The molecular weight excluding hydrogens is 166 g/mol. The van der Waals surface area contributed by atoms with Gasteiger partial charge in [-0.2, -0.15) is 0 Å². The Labute approximate surface area is 76.0 Å². The van der Waals surface area contributed by atoms with Crippen LogP contribution in [0.5, 0.6) is 0 Å². The Morgan fingerprint density at radius 2 is 2.08 bits per heavy atom. The summed E-state index contributed by atoms with van der Waals surface area (Å²) < 4.78 is 5.07. The van der Waals surface area contributed by atoms with E-state index in [4.69, 9.17) is 4.74 Å². The minimum Gasteiger partial charge on any atom is -0.467 e. The molecule has 3 heteroatoms. The van der Waals surface area contributed by atoms with Gasteiger partial charge in [-0.1, -0.05) is 30.3 Å². The normalized spacial score (nSPS) is 18.5. The second kappa shape index (κ2) is 3.31. The highest BCUT2D eigenvalue weighted by Gasteiger charge is 2.16. The molecule has 1 aliphatic heterocycles. The van der Waals surface area contributed by atoms with Gasteiger partial charge in [-0.3, -0.25) is 4.79 Å². The van der Waals surface area contributed by atoms with Gasteiger partial charge in [0.1, 0.15) is 0 Å². The molecule has 0 atom stereocenters. The maximum atomic E-state index is 11.1. The summed E-state index contributed by atoms with van der Waals surface area (Å²) in [5.74, 6) is 0.232. The lowest BCUT2D eigenvalue weighted by molar-refractivity contribution is -0.116. The first-order chi connectivity index (χ1) is 6.36. The predicted molar refractivity (Wildman–Crippen MR) is 48.5 cm³/mol. The Bertz CT molecular complexity index is 343. The molecule has 1 aliphatic rings. The van der Waals surface area contributed by atoms with Crippen LogP contribution in [0.4, 0.5) is 0 Å². The van der Waals surface area contributed by atoms with Gasteiger partial charge < -0.3 is 10.1 Å². The number of nitrogens with one attached hydrogen (secondary N) is 1. The number of rotatable bonds is 1. The van der Waals surface area contributed by atoms with Gasteiger partial charge in [0.2, 0.25) is 0 Å². The van der Waals surface area contributed by atoms with Crippen LogP contribution in [0.15, 0.2) is 36.1 Å². The van der Waals surface area contributed by atoms with Crippen molar-refractivity contribution < 1.29 is 9.53 Å². The van der Waals surface area contributed by atoms with Gasteiger partial charge in [-0.05, 0) is 11.6 Å². The highest BCUT2D eigenvalue weighted by atomic mass is 16.5. The molecule has 3 nitrogen and oxygen atoms in total. The van der Waals surface area contributed by atoms with Crippen LogP contribution in [0.2, 0.25) is 0 Å². The average molecular weight is 175 g/mol. The molecule has 1 N–H and O–H groups in total. The molecule has 1 aromatic carbocycles. The first kappa shape index (κ1) is 7.86. The van der Waals surface area contributed by atoms with Gasteiger partial charge in [-0.15, -0.1) is 0 Å². The molecule has 0 bridgehead atoms. The molecule has 1 heterocycles. The quantitative estimate of drug-likeness (QED) is 0.650. The van der Waals surface area contributed by atoms with E-state index in [1.54, 1.807) is 6.08 Å². The van der Waals surface area contributed by atoms with Gasteiger partial charge in [0, 0.05) is 0 Å². The lowest BCUT2D eigenvalue weighted by atomic mass is 10.2. The topological polar surface area (TPSA) is 38.3 Å². The number of hydrogen-bond donors (Lipinski definition) is 1. The van der Waals surface area contributed by atoms with Crippen LogP contribution in [0, 0.1) is 0 Å². The molecule has 0 radical (unpaired) electrons. The fourth-order valence-corrected chi connectivity index (χ4v) is 1.14. The maximum absolute atomic E-state index is 11.1. The third-order valence-corrected chi connectivity index (χ3v) is 1.78. The summed E-state index contributed by atoms with van der Waals surface area (Å²) in [4.78, 5) is 11.1. The molecule has 1 aromatic rings. The summed E-state index contributed by atoms with van der Waals surface area (Å²) in [6, 6.07) is 9.60. The Kier molecular flexibility index (Phi) is 2.00. The Balaban J connectivity index is 2.25. The summed E-state index contributed by atoms with van der Waals surface area (Å²) in [6.07, 6.45) is 1.72. The van der Waals surface area contributed by atoms with Gasteiger partial charge in [0.25, 0.3) is 5.91 Å². The second-order valence-electron chi connectivity index (χ2n) is 2.71. The second-order valence-corrected chi connectivity index (χ2v) is 2.71. The molecule has 0 aliphatic carbocycles. The molecule has 1 saturated heterocycles. The minimum atomic E-state index is -0.149. The van der Waals surface area contributed by atoms with Crippen molar-refractivity contribution in [2.24, 2.45) is 0 Å². The van der Waals surface area contributed by atoms with Gasteiger partial charge in [0.15, 0.2) is 12.5 Å². The van der Waals surface area contributed by atoms with E-state index < -0.39 is 0 Å². The Hall–Kier alpha value is -1.77. The number of benzene rings is 1. The Morgan fingerprint density at radius 1 is 1.31 bits per heavy atom. The highest BCUT2D eigenvalue weighted by Crippen LogP contribution is 2.10. The SMILES string of the molecule is O=C1NCOC1=Cc1ccccc1. The maximum Gasteiger partial charge on any atom is 0.289 e. The number of carbonyl (C=O) groups excluding carboxylic acids is 1. The van der Waals surface area contributed by atoms with Crippen LogP contribution in [-0.4, -0.2) is 12.6 Å². The van der Waals surface area contributed by atoms with Crippen LogP contribution in [0.25, 0.3) is 6.08 Å². The summed E-state index contributed by atoms with van der Waals surface area (Å²) in [7, 11) is 0. The van der Waals surface area contributed by atoms with Crippen molar-refractivity contribution >= 4 is 12.0 Å². The number of ether oxygens (including phenoxy) is 1. The lowest BCUT2D eigenvalue weighted by Gasteiger charge is -1.94. The molecule has 1 fully saturated rings. The van der Waals surface area contributed by atoms with Crippen molar-refractivity contribution in [1.29, 1.82) is 0 Å². The zero-order valence-corrected chi connectivity index (χ0v) is 6.99. The van der Waals surface area contributed by atoms with Crippen LogP contribution in [-0.2, 0) is 9.53 Å². The van der Waals surface area contributed by atoms with E-state index in [2.05, 4.69) is 5.32 Å². The zero-order valence-electron chi connectivity index (χ0n) is 6.99. The average Bonchev–Trinajstić information content (AvgIpc) is 2.54. The van der Waals surface area contributed by atoms with E-state index >= 15 is 0 Å². The number of amides is 1. The number of hydrogen-bond acceptors (Lipinski definition) is 2. The van der Waals surface area contributed by atoms with Crippen LogP contribution in [0.1, 0.15) is 5.56 Å². The van der Waals surface area contributed by atoms with Crippen molar-refractivity contribution in [1.82, 2.24) is 5.32 Å². The van der Waals surface area contributed by atoms with Crippen molar-refractivity contribution in [3.05, 3.63) is 41.7 Å². The summed E-state index contributed by atoms with van der Waals surface area (Å²) in [5, 5.41) is 2.56. The van der Waals surface area contributed by atoms with Gasteiger partial charge in [0.05, 0.1) is 0 Å². The van der Waals surface area contributed by atoms with Crippen LogP contribution >= 0.6 is 0 Å². The third-order valence-electron chi connectivity index (χ3n) is 1.78. The molecule has 1 amide bonds. The molecule has 0 unspecified atom stereocenters. The van der Waals surface area contributed by atoms with Crippen molar-refractivity contribution in [2.75, 3.05) is 6.73 Å². The number of carbonyl (C=O) groups is 1. The highest BCUT2D eigenvalue weighted by molar-refractivity contribution is 5.97. The molecule has 0 spiro atoms. The van der Waals surface area contributed by atoms with Crippen LogP contribution in [0.3, 0.4) is 0 Å². The van der Waals surface area contributed by atoms with Crippen molar-refractivity contribution in [3.8, 4) is 0 Å². The largest absolute Gasteiger partial charge is 0.467 e. The third kappa shape index (κ3) is 1.69. The smallest absolute Gasteiger partial charge is 0.289 e. The van der Waals surface area contributed by atoms with Crippen molar-refractivity contribution in [2.45, 2.75) is 0 Å². The van der Waals surface area contributed by atoms with E-state index in [9.17, 15) is 4.79 Å². The van der Waals surface area contributed by atoms with E-state index in [1.165, 1.54) is 0 Å². The zero-order chi connectivity index (χ0) is 9.10. The monoisotopic (exact) mass is 175 g/mol. The summed E-state index contributed by atoms with van der Waals surface area (Å²) >= 11 is 0. The molecule has 0 saturated carbocycles. The van der Waals surface area contributed by atoms with E-state index in [0.29, 0.717) is 5.76 Å². The first-order valence-electron chi connectivity index (χ1n) is 4.04. The fourth-order valence-electron chi connectivity index (χ4n) is 1.14. The minimum absolute atomic E-state index is 0.149. The van der Waals surface area contributed by atoms with Crippen LogP contribution < -0.4 is 5.32 Å². The lowest BCUT2D eigenvalue weighted by Crippen LogP contribution is -2.13. The van der Waals surface area contributed by atoms with E-state index in [-0.39, 0.29) is 12.6 Å². The Morgan fingerprint density at radius 3 is 2.69 bits per heavy atom. The van der Waals surface area contributed by atoms with E-state index in [0.717, 1.165) is 5.56 Å². The molecule has 0 aromatic heterocycles. The first-order valence-corrected chi connectivity index (χ1v) is 4.04. The molecule has 2 rings (SSSR count). The van der Waals surface area contributed by atoms with Gasteiger partial charge >= 0.3 is 0 Å². The molecule has 13 heavy (non-hydrogen) atoms. The fraction of sp³-hybridized carbons (Fsp3) is 0.100. The predicted octanol–water partition coefficient (Wildman–Crippen LogP) is 1.13.